The Balaban J connectivity index is 1.63. The molecule has 0 unspecified atom stereocenters. The summed E-state index contributed by atoms with van der Waals surface area (Å²) in [5.41, 5.74) is 2.11. The number of fused-ring (bicyclic) bond motifs is 1. The molecule has 136 valence electrons. The number of hydrogen-bond donors (Lipinski definition) is 2. The Kier molecular flexibility index (Phi) is 4.37. The quantitative estimate of drug-likeness (QED) is 0.510. The third kappa shape index (κ3) is 3.41. The van der Waals surface area contributed by atoms with E-state index < -0.39 is 0 Å². The number of nitrogens with one attached hydrogen (secondary N) is 1. The van der Waals surface area contributed by atoms with Gasteiger partial charge in [0, 0.05) is 5.39 Å². The number of carbonyl (C=O) groups excluding carboxylic acids is 1. The number of carbonyl (C=O) groups is 1. The molecular formula is C20H16FN3O2S. The molecule has 0 atom stereocenters. The summed E-state index contributed by atoms with van der Waals surface area (Å²) >= 11 is 1.33. The zero-order valence-electron chi connectivity index (χ0n) is 14.4. The van der Waals surface area contributed by atoms with Gasteiger partial charge in [0.25, 0.3) is 5.91 Å². The summed E-state index contributed by atoms with van der Waals surface area (Å²) in [5, 5.41) is 18.0. The number of aromatic hydroxyl groups is 1. The molecule has 2 aromatic heterocycles. The molecule has 2 N–H and O–H groups in total. The van der Waals surface area contributed by atoms with E-state index in [0.29, 0.717) is 17.1 Å². The standard InChI is InChI=1S/C20H16FN3O2S/c1-12-15-10-18(19(26)22-16-4-2-3-5-17(16)25)27-20(15)24(23-12)11-13-6-8-14(21)9-7-13/h2-10,25H,11H2,1H3,(H,22,26). The first-order valence-corrected chi connectivity index (χ1v) is 9.13. The van der Waals surface area contributed by atoms with Crippen molar-refractivity contribution < 1.29 is 14.3 Å². The van der Waals surface area contributed by atoms with Crippen molar-refractivity contribution >= 4 is 33.1 Å². The largest absolute Gasteiger partial charge is 0.506 e. The molecule has 4 aromatic rings. The Hall–Kier alpha value is -3.19. The van der Waals surface area contributed by atoms with Crippen molar-refractivity contribution in [2.75, 3.05) is 5.32 Å². The van der Waals surface area contributed by atoms with Crippen LogP contribution in [-0.4, -0.2) is 20.8 Å². The Bertz CT molecular complexity index is 1130. The van der Waals surface area contributed by atoms with Gasteiger partial charge >= 0.3 is 0 Å². The molecular weight excluding hydrogens is 365 g/mol. The van der Waals surface area contributed by atoms with Crippen molar-refractivity contribution in [3.05, 3.63) is 76.5 Å². The summed E-state index contributed by atoms with van der Waals surface area (Å²) in [6.07, 6.45) is 0. The first-order chi connectivity index (χ1) is 13.0. The van der Waals surface area contributed by atoms with Crippen molar-refractivity contribution in [1.82, 2.24) is 9.78 Å². The van der Waals surface area contributed by atoms with Crippen LogP contribution in [-0.2, 0) is 6.54 Å². The van der Waals surface area contributed by atoms with E-state index in [1.807, 2.05) is 11.6 Å². The average Bonchev–Trinajstić information content (AvgIpc) is 3.21. The molecule has 0 aliphatic carbocycles. The highest BCUT2D eigenvalue weighted by atomic mass is 32.1. The van der Waals surface area contributed by atoms with Gasteiger partial charge in [-0.3, -0.25) is 9.48 Å². The van der Waals surface area contributed by atoms with Crippen molar-refractivity contribution in [3.63, 3.8) is 0 Å². The zero-order valence-corrected chi connectivity index (χ0v) is 15.3. The first kappa shape index (κ1) is 17.2. The lowest BCUT2D eigenvalue weighted by Crippen LogP contribution is -2.10. The molecule has 7 heteroatoms. The summed E-state index contributed by atoms with van der Waals surface area (Å²) in [6, 6.07) is 14.7. The van der Waals surface area contributed by atoms with Gasteiger partial charge in [-0.2, -0.15) is 5.10 Å². The van der Waals surface area contributed by atoms with Crippen molar-refractivity contribution in [1.29, 1.82) is 0 Å². The fourth-order valence-corrected chi connectivity index (χ4v) is 3.91. The van der Waals surface area contributed by atoms with Crippen LogP contribution in [0.2, 0.25) is 0 Å². The summed E-state index contributed by atoms with van der Waals surface area (Å²) < 4.78 is 14.9. The molecule has 0 fully saturated rings. The van der Waals surface area contributed by atoms with Gasteiger partial charge in [-0.25, -0.2) is 4.39 Å². The van der Waals surface area contributed by atoms with E-state index in [1.165, 1.54) is 29.5 Å². The molecule has 4 rings (SSSR count). The van der Waals surface area contributed by atoms with Crippen LogP contribution in [0.3, 0.4) is 0 Å². The van der Waals surface area contributed by atoms with E-state index in [2.05, 4.69) is 10.4 Å². The van der Waals surface area contributed by atoms with E-state index in [-0.39, 0.29) is 17.5 Å². The highest BCUT2D eigenvalue weighted by molar-refractivity contribution is 7.20. The number of anilines is 1. The minimum atomic E-state index is -0.287. The van der Waals surface area contributed by atoms with Gasteiger partial charge in [0.15, 0.2) is 0 Å². The van der Waals surface area contributed by atoms with E-state index in [4.69, 9.17) is 0 Å². The predicted molar refractivity (Wildman–Crippen MR) is 104 cm³/mol. The Morgan fingerprint density at radius 3 is 2.70 bits per heavy atom. The number of nitrogens with zero attached hydrogens (tertiary/aromatic N) is 2. The lowest BCUT2D eigenvalue weighted by Gasteiger charge is -2.05. The number of para-hydroxylation sites is 2. The van der Waals surface area contributed by atoms with Gasteiger partial charge in [-0.15, -0.1) is 11.3 Å². The van der Waals surface area contributed by atoms with Crippen LogP contribution in [0, 0.1) is 12.7 Å². The van der Waals surface area contributed by atoms with E-state index in [1.54, 1.807) is 36.4 Å². The van der Waals surface area contributed by atoms with Crippen molar-refractivity contribution in [2.24, 2.45) is 0 Å². The van der Waals surface area contributed by atoms with Crippen LogP contribution in [0.15, 0.2) is 54.6 Å². The number of rotatable bonds is 4. The second-order valence-electron chi connectivity index (χ2n) is 6.17. The normalized spacial score (nSPS) is 11.0. The average molecular weight is 381 g/mol. The minimum Gasteiger partial charge on any atom is -0.506 e. The second kappa shape index (κ2) is 6.85. The molecule has 0 aliphatic heterocycles. The highest BCUT2D eigenvalue weighted by Gasteiger charge is 2.17. The lowest BCUT2D eigenvalue weighted by molar-refractivity contribution is 0.103. The molecule has 0 saturated carbocycles. The maximum atomic E-state index is 13.1. The van der Waals surface area contributed by atoms with Crippen molar-refractivity contribution in [3.8, 4) is 5.75 Å². The molecule has 0 radical (unpaired) electrons. The SMILES string of the molecule is Cc1nn(Cc2ccc(F)cc2)c2sc(C(=O)Nc3ccccc3O)cc12. The highest BCUT2D eigenvalue weighted by Crippen LogP contribution is 2.30. The Morgan fingerprint density at radius 1 is 1.22 bits per heavy atom. The topological polar surface area (TPSA) is 67.2 Å². The third-order valence-electron chi connectivity index (χ3n) is 4.23. The Labute approximate surface area is 158 Å². The van der Waals surface area contributed by atoms with Crippen LogP contribution in [0.25, 0.3) is 10.2 Å². The van der Waals surface area contributed by atoms with Crippen LogP contribution >= 0.6 is 11.3 Å². The van der Waals surface area contributed by atoms with Crippen molar-refractivity contribution in [2.45, 2.75) is 13.5 Å². The van der Waals surface area contributed by atoms with E-state index in [9.17, 15) is 14.3 Å². The molecule has 1 amide bonds. The van der Waals surface area contributed by atoms with Crippen LogP contribution < -0.4 is 5.32 Å². The Morgan fingerprint density at radius 2 is 1.96 bits per heavy atom. The number of benzene rings is 2. The summed E-state index contributed by atoms with van der Waals surface area (Å²) in [5.74, 6) is -0.546. The molecule has 0 bridgehead atoms. The third-order valence-corrected chi connectivity index (χ3v) is 5.38. The van der Waals surface area contributed by atoms with Gasteiger partial charge < -0.3 is 10.4 Å². The number of thiophene rings is 1. The maximum Gasteiger partial charge on any atom is 0.265 e. The molecule has 2 heterocycles. The number of aryl methyl sites for hydroxylation is 1. The zero-order chi connectivity index (χ0) is 19.0. The van der Waals surface area contributed by atoms with Crippen LogP contribution in [0.5, 0.6) is 5.75 Å². The van der Waals surface area contributed by atoms with Gasteiger partial charge in [0.05, 0.1) is 22.8 Å². The number of phenols is 1. The lowest BCUT2D eigenvalue weighted by atomic mass is 10.2. The van der Waals surface area contributed by atoms with Gasteiger partial charge in [-0.05, 0) is 42.8 Å². The fourth-order valence-electron chi connectivity index (χ4n) is 2.86. The second-order valence-corrected chi connectivity index (χ2v) is 7.20. The van der Waals surface area contributed by atoms with E-state index >= 15 is 0 Å². The number of amides is 1. The number of aromatic nitrogens is 2. The molecule has 0 saturated heterocycles. The minimum absolute atomic E-state index is 0.0191. The fraction of sp³-hybridized carbons (Fsp3) is 0.100. The predicted octanol–water partition coefficient (Wildman–Crippen LogP) is 4.55. The van der Waals surface area contributed by atoms with Gasteiger partial charge in [0.1, 0.15) is 16.4 Å². The number of halogens is 1. The molecule has 5 nitrogen and oxygen atoms in total. The number of phenolic OH excluding ortho intramolecular Hbond substituents is 1. The first-order valence-electron chi connectivity index (χ1n) is 8.32. The van der Waals surface area contributed by atoms with Gasteiger partial charge in [0.2, 0.25) is 0 Å². The molecule has 0 spiro atoms. The van der Waals surface area contributed by atoms with E-state index in [0.717, 1.165) is 21.5 Å². The summed E-state index contributed by atoms with van der Waals surface area (Å²) in [4.78, 5) is 14.0. The van der Waals surface area contributed by atoms with Crippen LogP contribution in [0.1, 0.15) is 20.9 Å². The molecule has 27 heavy (non-hydrogen) atoms. The summed E-state index contributed by atoms with van der Waals surface area (Å²) in [7, 11) is 0. The number of hydrogen-bond acceptors (Lipinski definition) is 4. The molecule has 0 aliphatic rings. The molecule has 2 aromatic carbocycles. The smallest absolute Gasteiger partial charge is 0.265 e. The van der Waals surface area contributed by atoms with Gasteiger partial charge in [-0.1, -0.05) is 24.3 Å². The maximum absolute atomic E-state index is 13.1. The summed E-state index contributed by atoms with van der Waals surface area (Å²) in [6.45, 7) is 2.38. The monoisotopic (exact) mass is 381 g/mol. The van der Waals surface area contributed by atoms with Crippen LogP contribution in [0.4, 0.5) is 10.1 Å².